The van der Waals surface area contributed by atoms with Gasteiger partial charge in [-0.05, 0) is 44.6 Å². The number of amides is 1. The van der Waals surface area contributed by atoms with E-state index in [1.54, 1.807) is 0 Å². The SMILES string of the molecule is CN=C(NCc1cccc(C(=O)NCCN(C)C)c1)N1CCSC2(CCCCC2)C1. The lowest BCUT2D eigenvalue weighted by Crippen LogP contribution is -2.53. The third kappa shape index (κ3) is 6.38. The molecule has 2 fully saturated rings. The highest BCUT2D eigenvalue weighted by atomic mass is 32.2. The van der Waals surface area contributed by atoms with Gasteiger partial charge >= 0.3 is 0 Å². The Bertz CT molecular complexity index is 725. The fourth-order valence-corrected chi connectivity index (χ4v) is 5.92. The Morgan fingerprint density at radius 2 is 2.03 bits per heavy atom. The third-order valence-electron chi connectivity index (χ3n) is 6.01. The van der Waals surface area contributed by atoms with Crippen LogP contribution >= 0.6 is 11.8 Å². The van der Waals surface area contributed by atoms with Crippen molar-refractivity contribution in [1.82, 2.24) is 20.4 Å². The number of aliphatic imine (C=N–C) groups is 1. The zero-order chi connectivity index (χ0) is 21.4. The summed E-state index contributed by atoms with van der Waals surface area (Å²) in [5.41, 5.74) is 1.80. The average Bonchev–Trinajstić information content (AvgIpc) is 2.75. The highest BCUT2D eigenvalue weighted by molar-refractivity contribution is 8.00. The minimum Gasteiger partial charge on any atom is -0.352 e. The molecule has 1 spiro atoms. The summed E-state index contributed by atoms with van der Waals surface area (Å²) in [5, 5.41) is 6.51. The Labute approximate surface area is 185 Å². The Morgan fingerprint density at radius 3 is 2.77 bits per heavy atom. The van der Waals surface area contributed by atoms with Gasteiger partial charge in [0.25, 0.3) is 5.91 Å². The summed E-state index contributed by atoms with van der Waals surface area (Å²) in [6.07, 6.45) is 6.76. The van der Waals surface area contributed by atoms with E-state index >= 15 is 0 Å². The van der Waals surface area contributed by atoms with Crippen LogP contribution in [0.4, 0.5) is 0 Å². The first-order valence-corrected chi connectivity index (χ1v) is 12.1. The summed E-state index contributed by atoms with van der Waals surface area (Å²) in [6, 6.07) is 7.86. The van der Waals surface area contributed by atoms with Crippen LogP contribution in [0.15, 0.2) is 29.3 Å². The van der Waals surface area contributed by atoms with Crippen LogP contribution in [-0.4, -0.2) is 79.5 Å². The number of carbonyl (C=O) groups is 1. The van der Waals surface area contributed by atoms with Gasteiger partial charge in [-0.2, -0.15) is 11.8 Å². The van der Waals surface area contributed by atoms with Crippen molar-refractivity contribution < 1.29 is 4.79 Å². The summed E-state index contributed by atoms with van der Waals surface area (Å²) in [7, 11) is 5.87. The maximum absolute atomic E-state index is 12.4. The smallest absolute Gasteiger partial charge is 0.251 e. The Hall–Kier alpha value is -1.73. The molecule has 3 rings (SSSR count). The topological polar surface area (TPSA) is 60.0 Å². The molecule has 166 valence electrons. The molecule has 1 aromatic carbocycles. The Morgan fingerprint density at radius 1 is 1.23 bits per heavy atom. The lowest BCUT2D eigenvalue weighted by atomic mass is 9.87. The number of hydrogen-bond donors (Lipinski definition) is 2. The van der Waals surface area contributed by atoms with Crippen molar-refractivity contribution >= 4 is 23.6 Å². The van der Waals surface area contributed by atoms with Gasteiger partial charge in [0.1, 0.15) is 0 Å². The zero-order valence-electron chi connectivity index (χ0n) is 18.7. The fourth-order valence-electron chi connectivity index (χ4n) is 4.36. The number of nitrogens with zero attached hydrogens (tertiary/aromatic N) is 3. The highest BCUT2D eigenvalue weighted by Crippen LogP contribution is 2.42. The van der Waals surface area contributed by atoms with Crippen molar-refractivity contribution in [2.24, 2.45) is 4.99 Å². The van der Waals surface area contributed by atoms with Crippen LogP contribution in [0, 0.1) is 0 Å². The van der Waals surface area contributed by atoms with E-state index < -0.39 is 0 Å². The van der Waals surface area contributed by atoms with Gasteiger partial charge in [-0.25, -0.2) is 0 Å². The van der Waals surface area contributed by atoms with Gasteiger partial charge < -0.3 is 20.4 Å². The van der Waals surface area contributed by atoms with Crippen molar-refractivity contribution in [2.45, 2.75) is 43.4 Å². The lowest BCUT2D eigenvalue weighted by molar-refractivity contribution is 0.0951. The van der Waals surface area contributed by atoms with Crippen LogP contribution in [0.3, 0.4) is 0 Å². The van der Waals surface area contributed by atoms with E-state index in [0.717, 1.165) is 31.2 Å². The normalized spacial score (nSPS) is 19.2. The van der Waals surface area contributed by atoms with Crippen molar-refractivity contribution in [3.05, 3.63) is 35.4 Å². The first-order valence-electron chi connectivity index (χ1n) is 11.1. The molecule has 1 aliphatic carbocycles. The van der Waals surface area contributed by atoms with E-state index in [9.17, 15) is 4.79 Å². The molecule has 1 saturated carbocycles. The number of nitrogens with one attached hydrogen (secondary N) is 2. The molecule has 1 amide bonds. The number of rotatable bonds is 6. The van der Waals surface area contributed by atoms with E-state index in [0.29, 0.717) is 23.4 Å². The largest absolute Gasteiger partial charge is 0.352 e. The van der Waals surface area contributed by atoms with E-state index in [1.165, 1.54) is 37.9 Å². The second-order valence-corrected chi connectivity index (χ2v) is 10.2. The monoisotopic (exact) mass is 431 g/mol. The molecule has 2 aliphatic rings. The molecule has 1 aromatic rings. The summed E-state index contributed by atoms with van der Waals surface area (Å²) < 4.78 is 0.415. The molecule has 1 aliphatic heterocycles. The maximum atomic E-state index is 12.4. The number of likely N-dealkylation sites (N-methyl/N-ethyl adjacent to an activating group) is 1. The Kier molecular flexibility index (Phi) is 8.45. The van der Waals surface area contributed by atoms with E-state index in [1.807, 2.05) is 39.3 Å². The molecule has 0 aromatic heterocycles. The van der Waals surface area contributed by atoms with Gasteiger partial charge in [-0.3, -0.25) is 9.79 Å². The molecule has 30 heavy (non-hydrogen) atoms. The van der Waals surface area contributed by atoms with Crippen molar-refractivity contribution in [2.75, 3.05) is 53.1 Å². The first-order chi connectivity index (χ1) is 14.5. The molecule has 0 atom stereocenters. The molecule has 1 saturated heterocycles. The number of thioether (sulfide) groups is 1. The molecule has 7 heteroatoms. The predicted octanol–water partition coefficient (Wildman–Crippen LogP) is 2.81. The maximum Gasteiger partial charge on any atom is 0.251 e. The second kappa shape index (κ2) is 11.0. The minimum atomic E-state index is -0.0182. The standard InChI is InChI=1S/C23H37N5OS/c1-24-22(28-14-15-30-23(18-28)10-5-4-6-11-23)26-17-19-8-7-9-20(16-19)21(29)25-12-13-27(2)3/h7-9,16H,4-6,10-15,17-18H2,1-3H3,(H,24,26)(H,25,29). The van der Waals surface area contributed by atoms with Crippen LogP contribution in [0.25, 0.3) is 0 Å². The van der Waals surface area contributed by atoms with Crippen LogP contribution in [0.5, 0.6) is 0 Å². The van der Waals surface area contributed by atoms with Crippen molar-refractivity contribution in [3.8, 4) is 0 Å². The summed E-state index contributed by atoms with van der Waals surface area (Å²) >= 11 is 2.17. The van der Waals surface area contributed by atoms with E-state index in [4.69, 9.17) is 0 Å². The molecule has 0 unspecified atom stereocenters. The van der Waals surface area contributed by atoms with Crippen LogP contribution in [0.1, 0.15) is 48.0 Å². The molecule has 1 heterocycles. The molecule has 0 radical (unpaired) electrons. The Balaban J connectivity index is 1.55. The summed E-state index contributed by atoms with van der Waals surface area (Å²) in [6.45, 7) is 4.28. The van der Waals surface area contributed by atoms with Gasteiger partial charge in [0, 0.05) is 55.8 Å². The fraction of sp³-hybridized carbons (Fsp3) is 0.652. The van der Waals surface area contributed by atoms with Crippen molar-refractivity contribution in [1.29, 1.82) is 0 Å². The number of guanidine groups is 1. The average molecular weight is 432 g/mol. The van der Waals surface area contributed by atoms with Gasteiger partial charge in [-0.1, -0.05) is 31.4 Å². The predicted molar refractivity (Wildman–Crippen MR) is 127 cm³/mol. The summed E-state index contributed by atoms with van der Waals surface area (Å²) in [5.74, 6) is 2.13. The minimum absolute atomic E-state index is 0.0182. The van der Waals surface area contributed by atoms with Gasteiger partial charge in [0.15, 0.2) is 5.96 Å². The third-order valence-corrected chi connectivity index (χ3v) is 7.55. The van der Waals surface area contributed by atoms with Crippen LogP contribution in [-0.2, 0) is 6.54 Å². The first kappa shape index (κ1) is 22.9. The molecule has 6 nitrogen and oxygen atoms in total. The van der Waals surface area contributed by atoms with Crippen LogP contribution < -0.4 is 10.6 Å². The van der Waals surface area contributed by atoms with Crippen molar-refractivity contribution in [3.63, 3.8) is 0 Å². The van der Waals surface area contributed by atoms with Gasteiger partial charge in [-0.15, -0.1) is 0 Å². The lowest BCUT2D eigenvalue weighted by Gasteiger charge is -2.45. The second-order valence-electron chi connectivity index (χ2n) is 8.67. The highest BCUT2D eigenvalue weighted by Gasteiger charge is 2.38. The molecule has 2 N–H and O–H groups in total. The quantitative estimate of drug-likeness (QED) is 0.536. The van der Waals surface area contributed by atoms with E-state index in [-0.39, 0.29) is 5.91 Å². The molecular formula is C23H37N5OS. The summed E-state index contributed by atoms with van der Waals surface area (Å²) in [4.78, 5) is 21.5. The van der Waals surface area contributed by atoms with Crippen LogP contribution in [0.2, 0.25) is 0 Å². The molecular weight excluding hydrogens is 394 g/mol. The number of hydrogen-bond acceptors (Lipinski definition) is 4. The van der Waals surface area contributed by atoms with Gasteiger partial charge in [0.2, 0.25) is 0 Å². The van der Waals surface area contributed by atoms with Gasteiger partial charge in [0.05, 0.1) is 0 Å². The van der Waals surface area contributed by atoms with E-state index in [2.05, 4.69) is 43.3 Å². The zero-order valence-corrected chi connectivity index (χ0v) is 19.6. The number of carbonyl (C=O) groups excluding carboxylic acids is 1. The number of benzene rings is 1. The molecule has 0 bridgehead atoms.